The molecule has 0 fully saturated rings. The Kier molecular flexibility index (Phi) is 5.96. The van der Waals surface area contributed by atoms with Gasteiger partial charge in [0.05, 0.1) is 25.1 Å². The molecule has 0 unspecified atom stereocenters. The normalized spacial score (nSPS) is 10.2. The summed E-state index contributed by atoms with van der Waals surface area (Å²) in [7, 11) is 1.30. The Morgan fingerprint density at radius 2 is 1.82 bits per heavy atom. The number of hydrogen-bond donors (Lipinski definition) is 2. The summed E-state index contributed by atoms with van der Waals surface area (Å²) in [5.74, 6) is -0.315. The maximum atomic E-state index is 12.3. The van der Waals surface area contributed by atoms with E-state index in [1.807, 2.05) is 31.2 Å². The fraction of sp³-hybridized carbons (Fsp3) is 0.143. The molecular weight excluding hydrogens is 356 g/mol. The number of carbonyl (C=O) groups is 2. The van der Waals surface area contributed by atoms with Gasteiger partial charge in [0.1, 0.15) is 11.5 Å². The molecule has 3 rings (SSSR count). The first-order valence-electron chi connectivity index (χ1n) is 8.66. The number of hydrogen-bond acceptors (Lipinski definition) is 6. The van der Waals surface area contributed by atoms with Crippen molar-refractivity contribution in [1.82, 2.24) is 9.97 Å². The van der Waals surface area contributed by atoms with Gasteiger partial charge >= 0.3 is 5.97 Å². The lowest BCUT2D eigenvalue weighted by molar-refractivity contribution is 0.0600. The fourth-order valence-electron chi connectivity index (χ4n) is 2.47. The molecule has 0 saturated carbocycles. The van der Waals surface area contributed by atoms with Crippen LogP contribution < -0.4 is 10.6 Å². The van der Waals surface area contributed by atoms with E-state index in [2.05, 4.69) is 25.3 Å². The molecule has 0 atom stereocenters. The van der Waals surface area contributed by atoms with Crippen molar-refractivity contribution in [3.63, 3.8) is 0 Å². The quantitative estimate of drug-likeness (QED) is 0.640. The second kappa shape index (κ2) is 8.77. The Hall–Kier alpha value is -3.74. The topological polar surface area (TPSA) is 93.2 Å². The Bertz CT molecular complexity index is 970. The second-order valence-electron chi connectivity index (χ2n) is 6.15. The molecule has 1 aromatic heterocycles. The largest absolute Gasteiger partial charge is 0.465 e. The Morgan fingerprint density at radius 1 is 1.04 bits per heavy atom. The van der Waals surface area contributed by atoms with Crippen LogP contribution in [0, 0.1) is 6.92 Å². The molecule has 28 heavy (non-hydrogen) atoms. The van der Waals surface area contributed by atoms with Crippen LogP contribution >= 0.6 is 0 Å². The zero-order chi connectivity index (χ0) is 19.9. The zero-order valence-electron chi connectivity index (χ0n) is 15.6. The Labute approximate surface area is 162 Å². The molecule has 0 aliphatic heterocycles. The highest BCUT2D eigenvalue weighted by Gasteiger charge is 2.11. The maximum absolute atomic E-state index is 12.3. The van der Waals surface area contributed by atoms with Crippen molar-refractivity contribution in [3.05, 3.63) is 83.3 Å². The van der Waals surface area contributed by atoms with Gasteiger partial charge in [-0.15, -0.1) is 0 Å². The van der Waals surface area contributed by atoms with Crippen molar-refractivity contribution in [2.45, 2.75) is 13.5 Å². The van der Waals surface area contributed by atoms with Crippen LogP contribution in [0.4, 0.5) is 11.5 Å². The van der Waals surface area contributed by atoms with E-state index in [0.717, 1.165) is 5.56 Å². The first-order valence-corrected chi connectivity index (χ1v) is 8.66. The number of esters is 1. The predicted octanol–water partition coefficient (Wildman–Crippen LogP) is 3.44. The fourth-order valence-corrected chi connectivity index (χ4v) is 2.47. The number of carbonyl (C=O) groups excluding carboxylic acids is 2. The van der Waals surface area contributed by atoms with Crippen LogP contribution in [0.5, 0.6) is 0 Å². The van der Waals surface area contributed by atoms with Crippen LogP contribution in [0.3, 0.4) is 0 Å². The Balaban J connectivity index is 1.60. The molecule has 0 bridgehead atoms. The molecule has 0 aliphatic rings. The van der Waals surface area contributed by atoms with E-state index in [1.165, 1.54) is 31.1 Å². The first kappa shape index (κ1) is 19.0. The number of benzene rings is 2. The van der Waals surface area contributed by atoms with E-state index in [-0.39, 0.29) is 5.69 Å². The number of nitrogens with zero attached hydrogens (tertiary/aromatic N) is 2. The van der Waals surface area contributed by atoms with Gasteiger partial charge < -0.3 is 15.4 Å². The van der Waals surface area contributed by atoms with Crippen LogP contribution in [-0.4, -0.2) is 29.0 Å². The lowest BCUT2D eigenvalue weighted by atomic mass is 10.1. The summed E-state index contributed by atoms with van der Waals surface area (Å²) in [6, 6.07) is 14.7. The van der Waals surface area contributed by atoms with E-state index in [4.69, 9.17) is 0 Å². The molecule has 1 heterocycles. The highest BCUT2D eigenvalue weighted by atomic mass is 16.5. The van der Waals surface area contributed by atoms with Crippen molar-refractivity contribution in [1.29, 1.82) is 0 Å². The minimum absolute atomic E-state index is 0.171. The van der Waals surface area contributed by atoms with Gasteiger partial charge in [0.15, 0.2) is 0 Å². The highest BCUT2D eigenvalue weighted by Crippen LogP contribution is 2.13. The van der Waals surface area contributed by atoms with Crippen LogP contribution in [0.15, 0.2) is 60.9 Å². The predicted molar refractivity (Wildman–Crippen MR) is 106 cm³/mol. The molecule has 0 radical (unpaired) electrons. The van der Waals surface area contributed by atoms with Crippen LogP contribution in [0.2, 0.25) is 0 Å². The third-order valence-corrected chi connectivity index (χ3v) is 4.02. The smallest absolute Gasteiger partial charge is 0.337 e. The summed E-state index contributed by atoms with van der Waals surface area (Å²) in [6.07, 6.45) is 2.91. The van der Waals surface area contributed by atoms with Crippen molar-refractivity contribution in [2.24, 2.45) is 0 Å². The average Bonchev–Trinajstić information content (AvgIpc) is 2.73. The van der Waals surface area contributed by atoms with Gasteiger partial charge in [0.25, 0.3) is 5.91 Å². The highest BCUT2D eigenvalue weighted by molar-refractivity contribution is 6.03. The van der Waals surface area contributed by atoms with Gasteiger partial charge in [-0.2, -0.15) is 0 Å². The third-order valence-electron chi connectivity index (χ3n) is 4.02. The number of anilines is 2. The third kappa shape index (κ3) is 4.91. The van der Waals surface area contributed by atoms with E-state index >= 15 is 0 Å². The van der Waals surface area contributed by atoms with Crippen molar-refractivity contribution in [3.8, 4) is 0 Å². The van der Waals surface area contributed by atoms with E-state index in [1.54, 1.807) is 18.2 Å². The molecule has 0 aliphatic carbocycles. The monoisotopic (exact) mass is 376 g/mol. The molecule has 2 aromatic carbocycles. The van der Waals surface area contributed by atoms with Crippen molar-refractivity contribution >= 4 is 23.4 Å². The number of amides is 1. The minimum atomic E-state index is -0.472. The number of ether oxygens (including phenoxy) is 1. The summed E-state index contributed by atoms with van der Waals surface area (Å²) in [4.78, 5) is 32.3. The van der Waals surface area contributed by atoms with Crippen molar-refractivity contribution in [2.75, 3.05) is 17.7 Å². The number of rotatable bonds is 6. The van der Waals surface area contributed by atoms with Gasteiger partial charge in [-0.25, -0.2) is 14.8 Å². The molecule has 0 saturated heterocycles. The lowest BCUT2D eigenvalue weighted by Gasteiger charge is -2.08. The molecule has 142 valence electrons. The molecule has 3 aromatic rings. The van der Waals surface area contributed by atoms with Gasteiger partial charge in [-0.05, 0) is 30.7 Å². The number of methoxy groups -OCH3 is 1. The molecular formula is C21H20N4O3. The second-order valence-corrected chi connectivity index (χ2v) is 6.15. The van der Waals surface area contributed by atoms with Gasteiger partial charge in [0.2, 0.25) is 0 Å². The molecule has 7 heteroatoms. The summed E-state index contributed by atoms with van der Waals surface area (Å²) in [5, 5.41) is 5.86. The lowest BCUT2D eigenvalue weighted by Crippen LogP contribution is -2.15. The summed E-state index contributed by atoms with van der Waals surface area (Å²) in [6.45, 7) is 2.65. The van der Waals surface area contributed by atoms with Gasteiger partial charge in [0, 0.05) is 12.2 Å². The summed E-state index contributed by atoms with van der Waals surface area (Å²) in [5.41, 5.74) is 3.32. The first-order chi connectivity index (χ1) is 13.5. The molecule has 7 nitrogen and oxygen atoms in total. The van der Waals surface area contributed by atoms with Crippen LogP contribution in [-0.2, 0) is 11.3 Å². The number of aryl methyl sites for hydroxylation is 1. The van der Waals surface area contributed by atoms with E-state index < -0.39 is 11.9 Å². The standard InChI is InChI=1S/C21H20N4O3/c1-14-6-8-15(9-7-14)11-23-19-13-22-18(12-24-19)20(26)25-17-5-3-4-16(10-17)21(27)28-2/h3-10,12-13H,11H2,1-2H3,(H,23,24)(H,25,26). The SMILES string of the molecule is COC(=O)c1cccc(NC(=O)c2cnc(NCc3ccc(C)cc3)cn2)c1. The van der Waals surface area contributed by atoms with E-state index in [0.29, 0.717) is 23.6 Å². The Morgan fingerprint density at radius 3 is 2.50 bits per heavy atom. The number of aromatic nitrogens is 2. The summed E-state index contributed by atoms with van der Waals surface area (Å²) >= 11 is 0. The molecule has 2 N–H and O–H groups in total. The molecule has 0 spiro atoms. The zero-order valence-corrected chi connectivity index (χ0v) is 15.6. The molecule has 1 amide bonds. The average molecular weight is 376 g/mol. The maximum Gasteiger partial charge on any atom is 0.337 e. The van der Waals surface area contributed by atoms with Crippen molar-refractivity contribution < 1.29 is 14.3 Å². The summed E-state index contributed by atoms with van der Waals surface area (Å²) < 4.78 is 4.67. The van der Waals surface area contributed by atoms with Crippen LogP contribution in [0.1, 0.15) is 32.0 Å². The van der Waals surface area contributed by atoms with Gasteiger partial charge in [-0.1, -0.05) is 35.9 Å². The van der Waals surface area contributed by atoms with Gasteiger partial charge in [-0.3, -0.25) is 4.79 Å². The van der Waals surface area contributed by atoms with Crippen LogP contribution in [0.25, 0.3) is 0 Å². The minimum Gasteiger partial charge on any atom is -0.465 e. The number of nitrogens with one attached hydrogen (secondary N) is 2. The van der Waals surface area contributed by atoms with E-state index in [9.17, 15) is 9.59 Å².